The number of para-hydroxylation sites is 1. The summed E-state index contributed by atoms with van der Waals surface area (Å²) in [6.45, 7) is 15.3. The topological polar surface area (TPSA) is 87.7 Å². The van der Waals surface area contributed by atoms with Crippen LogP contribution in [-0.4, -0.2) is 40.5 Å². The third-order valence-electron chi connectivity index (χ3n) is 6.79. The highest BCUT2D eigenvalue weighted by molar-refractivity contribution is 5.99. The van der Waals surface area contributed by atoms with E-state index >= 15 is 0 Å². The number of nitrogens with zero attached hydrogens (tertiary/aromatic N) is 1. The Morgan fingerprint density at radius 3 is 2.11 bits per heavy atom. The molecule has 4 unspecified atom stereocenters. The van der Waals surface area contributed by atoms with Crippen molar-refractivity contribution in [2.45, 2.75) is 92.0 Å². The van der Waals surface area contributed by atoms with Crippen LogP contribution < -0.4 is 10.6 Å². The lowest BCUT2D eigenvalue weighted by molar-refractivity contribution is -0.142. The first kappa shape index (κ1) is 29.2. The number of rotatable bonds is 9. The third kappa shape index (κ3) is 7.59. The highest BCUT2D eigenvalue weighted by Crippen LogP contribution is 2.42. The summed E-state index contributed by atoms with van der Waals surface area (Å²) in [4.78, 5) is 42.8. The molecule has 4 atom stereocenters. The number of hydrogen-bond donors (Lipinski definition) is 2. The first-order valence-corrected chi connectivity index (χ1v) is 13.5. The Morgan fingerprint density at radius 2 is 1.58 bits per heavy atom. The number of ether oxygens (including phenoxy) is 1. The first-order chi connectivity index (χ1) is 17.8. The summed E-state index contributed by atoms with van der Waals surface area (Å²) in [6, 6.07) is 13.5. The largest absolute Gasteiger partial charge is 0.444 e. The zero-order valence-corrected chi connectivity index (χ0v) is 24.0. The molecule has 38 heavy (non-hydrogen) atoms. The minimum Gasteiger partial charge on any atom is -0.444 e. The monoisotopic (exact) mass is 521 g/mol. The summed E-state index contributed by atoms with van der Waals surface area (Å²) in [7, 11) is 0. The van der Waals surface area contributed by atoms with E-state index in [0.717, 1.165) is 23.1 Å². The van der Waals surface area contributed by atoms with Crippen molar-refractivity contribution in [1.82, 2.24) is 10.2 Å². The van der Waals surface area contributed by atoms with Gasteiger partial charge in [0.05, 0.1) is 0 Å². The number of benzene rings is 2. The molecule has 0 aromatic heterocycles. The molecule has 1 saturated carbocycles. The number of aryl methyl sites for hydroxylation is 2. The molecule has 0 bridgehead atoms. The van der Waals surface area contributed by atoms with Gasteiger partial charge in [-0.05, 0) is 82.1 Å². The Labute approximate surface area is 227 Å². The first-order valence-electron chi connectivity index (χ1n) is 13.5. The zero-order chi connectivity index (χ0) is 28.2. The number of carbonyl (C=O) groups excluding carboxylic acids is 3. The van der Waals surface area contributed by atoms with Crippen LogP contribution in [0.5, 0.6) is 0 Å². The maximum atomic E-state index is 14.3. The molecule has 206 valence electrons. The molecular formula is C31H43N3O4. The minimum atomic E-state index is -0.853. The van der Waals surface area contributed by atoms with Gasteiger partial charge in [-0.1, -0.05) is 63.2 Å². The lowest BCUT2D eigenvalue weighted by atomic mass is 9.96. The van der Waals surface area contributed by atoms with Crippen LogP contribution in [0.25, 0.3) is 0 Å². The van der Waals surface area contributed by atoms with E-state index in [1.54, 1.807) is 25.7 Å². The summed E-state index contributed by atoms with van der Waals surface area (Å²) in [5.41, 5.74) is 2.64. The van der Waals surface area contributed by atoms with Gasteiger partial charge in [-0.15, -0.1) is 0 Å². The Bertz CT molecular complexity index is 1150. The predicted molar refractivity (Wildman–Crippen MR) is 151 cm³/mol. The maximum Gasteiger partial charge on any atom is 0.408 e. The highest BCUT2D eigenvalue weighted by atomic mass is 16.6. The lowest BCUT2D eigenvalue weighted by Gasteiger charge is -2.36. The molecule has 0 radical (unpaired) electrons. The van der Waals surface area contributed by atoms with E-state index in [9.17, 15) is 14.4 Å². The molecule has 1 fully saturated rings. The molecule has 0 heterocycles. The van der Waals surface area contributed by atoms with Crippen LogP contribution in [0.15, 0.2) is 48.5 Å². The van der Waals surface area contributed by atoms with E-state index in [2.05, 4.69) is 17.6 Å². The minimum absolute atomic E-state index is 0.107. The van der Waals surface area contributed by atoms with Gasteiger partial charge in [-0.25, -0.2) is 4.79 Å². The quantitative estimate of drug-likeness (QED) is 0.414. The molecule has 2 N–H and O–H groups in total. The standard InChI is InChI=1S/C31H43N3O4/c1-19(2)17-25(33-30(37)38-31(6,7)8)29(36)34(26-18-22(26)5)27(23-15-11-9-13-20(23)3)28(35)32-24-16-12-10-14-21(24)4/h9-16,19,22,25-27H,17-18H2,1-8H3,(H,32,35)(H,33,37). The highest BCUT2D eigenvalue weighted by Gasteiger charge is 2.48. The van der Waals surface area contributed by atoms with Crippen LogP contribution in [-0.2, 0) is 14.3 Å². The molecular weight excluding hydrogens is 478 g/mol. The van der Waals surface area contributed by atoms with Crippen molar-refractivity contribution < 1.29 is 19.1 Å². The molecule has 3 amide bonds. The fraction of sp³-hybridized carbons (Fsp3) is 0.516. The van der Waals surface area contributed by atoms with Crippen molar-refractivity contribution >= 4 is 23.6 Å². The molecule has 7 nitrogen and oxygen atoms in total. The molecule has 0 saturated heterocycles. The third-order valence-corrected chi connectivity index (χ3v) is 6.79. The van der Waals surface area contributed by atoms with Crippen molar-refractivity contribution in [3.8, 4) is 0 Å². The zero-order valence-electron chi connectivity index (χ0n) is 24.0. The smallest absolute Gasteiger partial charge is 0.408 e. The van der Waals surface area contributed by atoms with Gasteiger partial charge in [-0.3, -0.25) is 9.59 Å². The molecule has 1 aliphatic carbocycles. The second-order valence-electron chi connectivity index (χ2n) is 11.9. The van der Waals surface area contributed by atoms with Gasteiger partial charge in [0.2, 0.25) is 5.91 Å². The van der Waals surface area contributed by atoms with Crippen LogP contribution in [0.3, 0.4) is 0 Å². The number of hydrogen-bond acceptors (Lipinski definition) is 4. The van der Waals surface area contributed by atoms with Crippen LogP contribution in [0.1, 0.15) is 77.1 Å². The number of amides is 3. The fourth-order valence-corrected chi connectivity index (χ4v) is 4.72. The average molecular weight is 522 g/mol. The van der Waals surface area contributed by atoms with Crippen molar-refractivity contribution in [2.24, 2.45) is 11.8 Å². The van der Waals surface area contributed by atoms with Crippen LogP contribution in [0.4, 0.5) is 10.5 Å². The molecule has 1 aliphatic rings. The Hall–Kier alpha value is -3.35. The predicted octanol–water partition coefficient (Wildman–Crippen LogP) is 6.16. The Balaban J connectivity index is 2.04. The van der Waals surface area contributed by atoms with E-state index in [4.69, 9.17) is 4.74 Å². The van der Waals surface area contributed by atoms with Gasteiger partial charge in [0, 0.05) is 11.7 Å². The molecule has 0 spiro atoms. The normalized spacial score (nSPS) is 18.3. The number of carbonyl (C=O) groups is 3. The van der Waals surface area contributed by atoms with Crippen molar-refractivity contribution in [3.63, 3.8) is 0 Å². The summed E-state index contributed by atoms with van der Waals surface area (Å²) in [6.07, 6.45) is 0.583. The van der Waals surface area contributed by atoms with Crippen molar-refractivity contribution in [2.75, 3.05) is 5.32 Å². The maximum absolute atomic E-state index is 14.3. The summed E-state index contributed by atoms with van der Waals surface area (Å²) in [5.74, 6) is -0.165. The van der Waals surface area contributed by atoms with Crippen LogP contribution in [0, 0.1) is 25.7 Å². The summed E-state index contributed by atoms with van der Waals surface area (Å²) in [5, 5.41) is 5.89. The Kier molecular flexibility index (Phi) is 9.23. The second kappa shape index (κ2) is 12.0. The number of alkyl carbamates (subject to hydrolysis) is 1. The van der Waals surface area contributed by atoms with E-state index < -0.39 is 23.8 Å². The molecule has 3 rings (SSSR count). The molecule has 2 aromatic carbocycles. The second-order valence-corrected chi connectivity index (χ2v) is 11.9. The van der Waals surface area contributed by atoms with Crippen LogP contribution >= 0.6 is 0 Å². The summed E-state index contributed by atoms with van der Waals surface area (Å²) >= 11 is 0. The average Bonchev–Trinajstić information content (AvgIpc) is 3.52. The van der Waals surface area contributed by atoms with Gasteiger partial charge in [0.25, 0.3) is 5.91 Å². The Morgan fingerprint density at radius 1 is 1.00 bits per heavy atom. The van der Waals surface area contributed by atoms with Crippen LogP contribution in [0.2, 0.25) is 0 Å². The fourth-order valence-electron chi connectivity index (χ4n) is 4.72. The SMILES string of the molecule is Cc1ccccc1NC(=O)C(c1ccccc1C)N(C(=O)C(CC(C)C)NC(=O)OC(C)(C)C)C1CC1C. The number of nitrogens with one attached hydrogen (secondary N) is 2. The van der Waals surface area contributed by atoms with Gasteiger partial charge < -0.3 is 20.3 Å². The molecule has 2 aromatic rings. The number of anilines is 1. The van der Waals surface area contributed by atoms with Gasteiger partial charge in [0.15, 0.2) is 0 Å². The van der Waals surface area contributed by atoms with Gasteiger partial charge in [0.1, 0.15) is 17.7 Å². The van der Waals surface area contributed by atoms with Crippen molar-refractivity contribution in [3.05, 3.63) is 65.2 Å². The molecule has 7 heteroatoms. The summed E-state index contributed by atoms with van der Waals surface area (Å²) < 4.78 is 5.48. The van der Waals surface area contributed by atoms with E-state index in [1.807, 2.05) is 76.2 Å². The molecule has 0 aliphatic heterocycles. The van der Waals surface area contributed by atoms with E-state index in [0.29, 0.717) is 12.1 Å². The van der Waals surface area contributed by atoms with E-state index in [-0.39, 0.29) is 29.7 Å². The lowest BCUT2D eigenvalue weighted by Crippen LogP contribution is -2.53. The van der Waals surface area contributed by atoms with Gasteiger partial charge >= 0.3 is 6.09 Å². The van der Waals surface area contributed by atoms with Gasteiger partial charge in [-0.2, -0.15) is 0 Å². The van der Waals surface area contributed by atoms with Crippen molar-refractivity contribution in [1.29, 1.82) is 0 Å². The van der Waals surface area contributed by atoms with E-state index in [1.165, 1.54) is 0 Å².